The maximum atomic E-state index is 13.7. The van der Waals surface area contributed by atoms with Gasteiger partial charge in [0.15, 0.2) is 5.76 Å². The summed E-state index contributed by atoms with van der Waals surface area (Å²) in [4.78, 5) is 12.4. The van der Waals surface area contributed by atoms with Crippen molar-refractivity contribution >= 4 is 34.2 Å². The number of fused-ring (bicyclic) bond motifs is 1. The SMILES string of the molecule is COc1ccc2oc(C(=O)Nc3cc(Cl)ccc3F)c(C)c2c1. The van der Waals surface area contributed by atoms with Crippen LogP contribution in [0.3, 0.4) is 0 Å². The van der Waals surface area contributed by atoms with E-state index in [1.807, 2.05) is 0 Å². The van der Waals surface area contributed by atoms with Crippen LogP contribution in [-0.4, -0.2) is 13.0 Å². The number of nitrogens with one attached hydrogen (secondary N) is 1. The van der Waals surface area contributed by atoms with Gasteiger partial charge < -0.3 is 14.5 Å². The van der Waals surface area contributed by atoms with Gasteiger partial charge in [-0.15, -0.1) is 0 Å². The van der Waals surface area contributed by atoms with Crippen molar-refractivity contribution in [3.05, 3.63) is 58.6 Å². The third-order valence-electron chi connectivity index (χ3n) is 3.53. The summed E-state index contributed by atoms with van der Waals surface area (Å²) >= 11 is 5.82. The molecule has 2 aromatic carbocycles. The van der Waals surface area contributed by atoms with Crippen molar-refractivity contribution in [2.24, 2.45) is 0 Å². The number of rotatable bonds is 3. The van der Waals surface area contributed by atoms with Gasteiger partial charge in [-0.25, -0.2) is 4.39 Å². The third-order valence-corrected chi connectivity index (χ3v) is 3.76. The molecule has 3 aromatic rings. The number of benzene rings is 2. The lowest BCUT2D eigenvalue weighted by Gasteiger charge is -2.05. The molecule has 0 aliphatic rings. The van der Waals surface area contributed by atoms with Crippen molar-refractivity contribution in [2.45, 2.75) is 6.92 Å². The van der Waals surface area contributed by atoms with Gasteiger partial charge in [0.1, 0.15) is 17.1 Å². The zero-order chi connectivity index (χ0) is 16.6. The molecule has 0 atom stereocenters. The van der Waals surface area contributed by atoms with Crippen molar-refractivity contribution < 1.29 is 18.3 Å². The summed E-state index contributed by atoms with van der Waals surface area (Å²) in [5, 5.41) is 3.57. The molecular formula is C17H13ClFNO3. The van der Waals surface area contributed by atoms with Gasteiger partial charge in [0, 0.05) is 16.0 Å². The number of hydrogen-bond acceptors (Lipinski definition) is 3. The standard InChI is InChI=1S/C17H13ClFNO3/c1-9-12-8-11(22-2)4-6-15(12)23-16(9)17(21)20-14-7-10(18)3-5-13(14)19/h3-8H,1-2H3,(H,20,21). The Morgan fingerprint density at radius 3 is 2.78 bits per heavy atom. The molecule has 0 radical (unpaired) electrons. The first kappa shape index (κ1) is 15.4. The maximum absolute atomic E-state index is 13.7. The highest BCUT2D eigenvalue weighted by Gasteiger charge is 2.19. The Labute approximate surface area is 136 Å². The molecule has 0 bridgehead atoms. The molecule has 0 aliphatic heterocycles. The van der Waals surface area contributed by atoms with Gasteiger partial charge in [-0.2, -0.15) is 0 Å². The minimum absolute atomic E-state index is 0.0000586. The van der Waals surface area contributed by atoms with Crippen LogP contribution in [0.15, 0.2) is 40.8 Å². The largest absolute Gasteiger partial charge is 0.497 e. The van der Waals surface area contributed by atoms with Crippen molar-refractivity contribution in [1.82, 2.24) is 0 Å². The first-order valence-electron chi connectivity index (χ1n) is 6.83. The number of furan rings is 1. The minimum Gasteiger partial charge on any atom is -0.497 e. The van der Waals surface area contributed by atoms with Crippen LogP contribution in [0.5, 0.6) is 5.75 Å². The second-order valence-electron chi connectivity index (χ2n) is 5.00. The lowest BCUT2D eigenvalue weighted by Crippen LogP contribution is -2.13. The van der Waals surface area contributed by atoms with Crippen molar-refractivity contribution in [3.8, 4) is 5.75 Å². The Morgan fingerprint density at radius 1 is 1.26 bits per heavy atom. The van der Waals surface area contributed by atoms with Gasteiger partial charge in [0.05, 0.1) is 12.8 Å². The smallest absolute Gasteiger partial charge is 0.291 e. The summed E-state index contributed by atoms with van der Waals surface area (Å²) in [5.41, 5.74) is 1.21. The second-order valence-corrected chi connectivity index (χ2v) is 5.43. The summed E-state index contributed by atoms with van der Waals surface area (Å²) in [6, 6.07) is 9.18. The van der Waals surface area contributed by atoms with Crippen molar-refractivity contribution in [2.75, 3.05) is 12.4 Å². The van der Waals surface area contributed by atoms with E-state index in [4.69, 9.17) is 20.8 Å². The average Bonchev–Trinajstić information content (AvgIpc) is 2.87. The van der Waals surface area contributed by atoms with Gasteiger partial charge in [0.2, 0.25) is 0 Å². The number of amides is 1. The Morgan fingerprint density at radius 2 is 2.04 bits per heavy atom. The summed E-state index contributed by atoms with van der Waals surface area (Å²) in [6.07, 6.45) is 0. The Bertz CT molecular complexity index is 904. The third kappa shape index (κ3) is 2.87. The van der Waals surface area contributed by atoms with E-state index in [-0.39, 0.29) is 11.4 Å². The molecule has 1 aromatic heterocycles. The fourth-order valence-corrected chi connectivity index (χ4v) is 2.49. The number of methoxy groups -OCH3 is 1. The number of carbonyl (C=O) groups is 1. The first-order valence-corrected chi connectivity index (χ1v) is 7.21. The molecule has 118 valence electrons. The lowest BCUT2D eigenvalue weighted by molar-refractivity contribution is 0.0997. The zero-order valence-electron chi connectivity index (χ0n) is 12.4. The second kappa shape index (κ2) is 5.93. The Hall–Kier alpha value is -2.53. The molecule has 1 N–H and O–H groups in total. The quantitative estimate of drug-likeness (QED) is 0.749. The average molecular weight is 334 g/mol. The predicted octanol–water partition coefficient (Wildman–Crippen LogP) is 4.79. The van der Waals surface area contributed by atoms with E-state index < -0.39 is 11.7 Å². The van der Waals surface area contributed by atoms with Crippen LogP contribution in [0.1, 0.15) is 16.1 Å². The fraction of sp³-hybridized carbons (Fsp3) is 0.118. The molecule has 0 saturated carbocycles. The Balaban J connectivity index is 1.97. The highest BCUT2D eigenvalue weighted by Crippen LogP contribution is 2.29. The van der Waals surface area contributed by atoms with Crippen LogP contribution >= 0.6 is 11.6 Å². The minimum atomic E-state index is -0.571. The van der Waals surface area contributed by atoms with Gasteiger partial charge in [-0.1, -0.05) is 11.6 Å². The van der Waals surface area contributed by atoms with E-state index >= 15 is 0 Å². The summed E-state index contributed by atoms with van der Waals surface area (Å²) in [5.74, 6) is -0.334. The highest BCUT2D eigenvalue weighted by atomic mass is 35.5. The number of ether oxygens (including phenoxy) is 1. The topological polar surface area (TPSA) is 51.5 Å². The van der Waals surface area contributed by atoms with E-state index in [1.54, 1.807) is 32.2 Å². The maximum Gasteiger partial charge on any atom is 0.291 e. The van der Waals surface area contributed by atoms with E-state index in [2.05, 4.69) is 5.32 Å². The molecule has 0 spiro atoms. The van der Waals surface area contributed by atoms with Gasteiger partial charge in [-0.3, -0.25) is 4.79 Å². The van der Waals surface area contributed by atoms with Gasteiger partial charge >= 0.3 is 0 Å². The van der Waals surface area contributed by atoms with Crippen molar-refractivity contribution in [1.29, 1.82) is 0 Å². The monoisotopic (exact) mass is 333 g/mol. The van der Waals surface area contributed by atoms with E-state index in [0.717, 1.165) is 5.39 Å². The molecule has 3 rings (SSSR count). The molecule has 23 heavy (non-hydrogen) atoms. The van der Waals surface area contributed by atoms with E-state index in [1.165, 1.54) is 18.2 Å². The molecule has 0 aliphatic carbocycles. The number of carbonyl (C=O) groups excluding carboxylic acids is 1. The molecule has 4 nitrogen and oxygen atoms in total. The molecule has 1 amide bonds. The number of halogens is 2. The molecule has 1 heterocycles. The molecular weight excluding hydrogens is 321 g/mol. The summed E-state index contributed by atoms with van der Waals surface area (Å²) < 4.78 is 24.5. The number of hydrogen-bond donors (Lipinski definition) is 1. The predicted molar refractivity (Wildman–Crippen MR) is 86.9 cm³/mol. The molecule has 6 heteroatoms. The van der Waals surface area contributed by atoms with Crippen LogP contribution < -0.4 is 10.1 Å². The van der Waals surface area contributed by atoms with E-state index in [0.29, 0.717) is 21.9 Å². The van der Waals surface area contributed by atoms with E-state index in [9.17, 15) is 9.18 Å². The fourth-order valence-electron chi connectivity index (χ4n) is 2.32. The highest BCUT2D eigenvalue weighted by molar-refractivity contribution is 6.31. The van der Waals surface area contributed by atoms with Crippen LogP contribution in [0.25, 0.3) is 11.0 Å². The Kier molecular flexibility index (Phi) is 3.96. The lowest BCUT2D eigenvalue weighted by atomic mass is 10.1. The summed E-state index contributed by atoms with van der Waals surface area (Å²) in [7, 11) is 1.56. The van der Waals surface area contributed by atoms with Crippen LogP contribution in [-0.2, 0) is 0 Å². The van der Waals surface area contributed by atoms with Crippen molar-refractivity contribution in [3.63, 3.8) is 0 Å². The van der Waals surface area contributed by atoms with Gasteiger partial charge in [0.25, 0.3) is 5.91 Å². The normalized spacial score (nSPS) is 10.8. The molecule has 0 saturated heterocycles. The van der Waals surface area contributed by atoms with Gasteiger partial charge in [-0.05, 0) is 43.3 Å². The first-order chi connectivity index (χ1) is 11.0. The number of aryl methyl sites for hydroxylation is 1. The number of anilines is 1. The van der Waals surface area contributed by atoms with Crippen LogP contribution in [0.4, 0.5) is 10.1 Å². The zero-order valence-corrected chi connectivity index (χ0v) is 13.2. The summed E-state index contributed by atoms with van der Waals surface area (Å²) in [6.45, 7) is 1.76. The van der Waals surface area contributed by atoms with Crippen LogP contribution in [0.2, 0.25) is 5.02 Å². The molecule has 0 unspecified atom stereocenters. The molecule has 0 fully saturated rings. The van der Waals surface area contributed by atoms with Crippen LogP contribution in [0, 0.1) is 12.7 Å².